The van der Waals surface area contributed by atoms with E-state index in [0.29, 0.717) is 6.54 Å². The minimum absolute atomic E-state index is 0.0302. The predicted molar refractivity (Wildman–Crippen MR) is 79.5 cm³/mol. The lowest BCUT2D eigenvalue weighted by Crippen LogP contribution is -2.40. The van der Waals surface area contributed by atoms with Crippen LogP contribution in [0.3, 0.4) is 0 Å². The van der Waals surface area contributed by atoms with Gasteiger partial charge in [-0.25, -0.2) is 0 Å². The molecule has 22 heavy (non-hydrogen) atoms. The number of hydrogen-bond acceptors (Lipinski definition) is 5. The summed E-state index contributed by atoms with van der Waals surface area (Å²) in [6.07, 6.45) is 1.62. The van der Waals surface area contributed by atoms with Gasteiger partial charge in [-0.3, -0.25) is 9.69 Å². The lowest BCUT2D eigenvalue weighted by atomic mass is 9.97. The first-order valence-electron chi connectivity index (χ1n) is 7.47. The topological polar surface area (TPSA) is 84.1 Å². The summed E-state index contributed by atoms with van der Waals surface area (Å²) < 4.78 is 1.72. The van der Waals surface area contributed by atoms with Crippen LogP contribution in [0.1, 0.15) is 31.6 Å². The molecule has 1 N–H and O–H groups in total. The second-order valence-electron chi connectivity index (χ2n) is 5.63. The molecular formula is C15H19N5O2. The molecule has 116 valence electrons. The zero-order valence-electron chi connectivity index (χ0n) is 12.5. The Morgan fingerprint density at radius 2 is 2.14 bits per heavy atom. The summed E-state index contributed by atoms with van der Waals surface area (Å²) >= 11 is 0. The van der Waals surface area contributed by atoms with Crippen molar-refractivity contribution in [1.82, 2.24) is 25.1 Å². The number of carboxylic acid groups (broad SMARTS) is 1. The van der Waals surface area contributed by atoms with Gasteiger partial charge in [0.2, 0.25) is 0 Å². The third-order valence-electron chi connectivity index (χ3n) is 4.22. The van der Waals surface area contributed by atoms with Crippen LogP contribution >= 0.6 is 0 Å². The minimum atomic E-state index is -0.723. The Labute approximate surface area is 128 Å². The van der Waals surface area contributed by atoms with E-state index in [1.165, 1.54) is 0 Å². The molecule has 7 nitrogen and oxygen atoms in total. The first kappa shape index (κ1) is 14.6. The van der Waals surface area contributed by atoms with E-state index in [-0.39, 0.29) is 12.0 Å². The summed E-state index contributed by atoms with van der Waals surface area (Å²) in [5.41, 5.74) is 0.904. The highest BCUT2D eigenvalue weighted by atomic mass is 16.4. The molecule has 2 unspecified atom stereocenters. The molecule has 0 amide bonds. The molecule has 0 aliphatic carbocycles. The lowest BCUT2D eigenvalue weighted by Gasteiger charge is -2.34. The number of rotatable bonds is 4. The van der Waals surface area contributed by atoms with Gasteiger partial charge in [0.25, 0.3) is 0 Å². The van der Waals surface area contributed by atoms with Gasteiger partial charge in [0.15, 0.2) is 5.82 Å². The molecule has 1 saturated heterocycles. The predicted octanol–water partition coefficient (Wildman–Crippen LogP) is 1.52. The largest absolute Gasteiger partial charge is 0.481 e. The van der Waals surface area contributed by atoms with Crippen LogP contribution in [0.5, 0.6) is 0 Å². The van der Waals surface area contributed by atoms with Gasteiger partial charge in [-0.2, -0.15) is 4.68 Å². The van der Waals surface area contributed by atoms with Crippen molar-refractivity contribution >= 4 is 5.97 Å². The van der Waals surface area contributed by atoms with Gasteiger partial charge in [-0.15, -0.1) is 5.10 Å². The summed E-state index contributed by atoms with van der Waals surface area (Å²) in [7, 11) is 0. The van der Waals surface area contributed by atoms with Crippen molar-refractivity contribution in [3.05, 3.63) is 36.2 Å². The number of carboxylic acids is 1. The second-order valence-corrected chi connectivity index (χ2v) is 5.63. The van der Waals surface area contributed by atoms with Crippen molar-refractivity contribution in [1.29, 1.82) is 0 Å². The number of aromatic nitrogens is 4. The summed E-state index contributed by atoms with van der Waals surface area (Å²) in [4.78, 5) is 13.4. The fourth-order valence-corrected chi connectivity index (χ4v) is 2.93. The summed E-state index contributed by atoms with van der Waals surface area (Å²) in [6.45, 7) is 3.43. The quantitative estimate of drug-likeness (QED) is 0.921. The van der Waals surface area contributed by atoms with E-state index < -0.39 is 5.97 Å². The van der Waals surface area contributed by atoms with Crippen molar-refractivity contribution in [2.75, 3.05) is 13.1 Å². The van der Waals surface area contributed by atoms with Crippen LogP contribution in [0, 0.1) is 5.92 Å². The van der Waals surface area contributed by atoms with E-state index in [2.05, 4.69) is 20.4 Å². The van der Waals surface area contributed by atoms with E-state index in [1.54, 1.807) is 4.68 Å². The van der Waals surface area contributed by atoms with Crippen LogP contribution in [0.4, 0.5) is 0 Å². The van der Waals surface area contributed by atoms with E-state index in [4.69, 9.17) is 0 Å². The van der Waals surface area contributed by atoms with Crippen molar-refractivity contribution in [3.8, 4) is 5.69 Å². The van der Waals surface area contributed by atoms with Crippen LogP contribution < -0.4 is 0 Å². The van der Waals surface area contributed by atoms with Crippen LogP contribution in [-0.4, -0.2) is 49.3 Å². The molecule has 1 aliphatic rings. The van der Waals surface area contributed by atoms with Gasteiger partial charge < -0.3 is 5.11 Å². The van der Waals surface area contributed by atoms with E-state index in [9.17, 15) is 9.90 Å². The first-order chi connectivity index (χ1) is 10.7. The maximum Gasteiger partial charge on any atom is 0.307 e. The van der Waals surface area contributed by atoms with Gasteiger partial charge >= 0.3 is 5.97 Å². The number of likely N-dealkylation sites (tertiary alicyclic amines) is 1. The summed E-state index contributed by atoms with van der Waals surface area (Å²) in [6, 6.07) is 9.68. The Morgan fingerprint density at radius 3 is 2.86 bits per heavy atom. The molecular weight excluding hydrogens is 282 g/mol. The zero-order valence-corrected chi connectivity index (χ0v) is 12.5. The van der Waals surface area contributed by atoms with Crippen LogP contribution in [0.15, 0.2) is 30.3 Å². The van der Waals surface area contributed by atoms with Gasteiger partial charge in [-0.05, 0) is 48.9 Å². The minimum Gasteiger partial charge on any atom is -0.481 e. The average Bonchev–Trinajstić information content (AvgIpc) is 3.04. The third kappa shape index (κ3) is 2.85. The Kier molecular flexibility index (Phi) is 4.15. The van der Waals surface area contributed by atoms with Crippen molar-refractivity contribution in [2.45, 2.75) is 25.8 Å². The Bertz CT molecular complexity index is 642. The zero-order chi connectivity index (χ0) is 15.5. The maximum atomic E-state index is 11.2. The van der Waals surface area contributed by atoms with Crippen molar-refractivity contribution in [2.24, 2.45) is 5.92 Å². The van der Waals surface area contributed by atoms with E-state index in [1.807, 2.05) is 37.3 Å². The second kappa shape index (κ2) is 6.23. The number of aliphatic carboxylic acids is 1. The number of carbonyl (C=O) groups is 1. The smallest absolute Gasteiger partial charge is 0.307 e. The molecule has 2 aromatic rings. The highest BCUT2D eigenvalue weighted by Gasteiger charge is 2.30. The molecule has 1 aromatic carbocycles. The highest BCUT2D eigenvalue weighted by molar-refractivity contribution is 5.70. The molecule has 2 atom stereocenters. The number of nitrogens with zero attached hydrogens (tertiary/aromatic N) is 5. The standard InChI is InChI=1S/C15H19N5O2/c1-11(19-9-5-6-12(10-19)15(21)22)14-16-17-18-20(14)13-7-3-2-4-8-13/h2-4,7-8,11-12H,5-6,9-10H2,1H3,(H,21,22). The van der Waals surface area contributed by atoms with Gasteiger partial charge in [0, 0.05) is 6.54 Å². The van der Waals surface area contributed by atoms with Crippen LogP contribution in [-0.2, 0) is 4.79 Å². The number of tetrazole rings is 1. The molecule has 1 aliphatic heterocycles. The lowest BCUT2D eigenvalue weighted by molar-refractivity contribution is -0.143. The fraction of sp³-hybridized carbons (Fsp3) is 0.467. The van der Waals surface area contributed by atoms with E-state index >= 15 is 0 Å². The molecule has 0 bridgehead atoms. The molecule has 2 heterocycles. The van der Waals surface area contributed by atoms with Gasteiger partial charge in [-0.1, -0.05) is 18.2 Å². The normalized spacial score (nSPS) is 20.7. The Morgan fingerprint density at radius 1 is 1.36 bits per heavy atom. The number of piperidine rings is 1. The van der Waals surface area contributed by atoms with Crippen molar-refractivity contribution in [3.63, 3.8) is 0 Å². The van der Waals surface area contributed by atoms with Crippen molar-refractivity contribution < 1.29 is 9.90 Å². The molecule has 7 heteroatoms. The number of benzene rings is 1. The first-order valence-corrected chi connectivity index (χ1v) is 7.47. The van der Waals surface area contributed by atoms with E-state index in [0.717, 1.165) is 30.9 Å². The number of hydrogen-bond donors (Lipinski definition) is 1. The third-order valence-corrected chi connectivity index (χ3v) is 4.22. The van der Waals surface area contributed by atoms with Gasteiger partial charge in [0.05, 0.1) is 17.6 Å². The molecule has 3 rings (SSSR count). The van der Waals surface area contributed by atoms with Gasteiger partial charge in [0.1, 0.15) is 0 Å². The maximum absolute atomic E-state index is 11.2. The average molecular weight is 301 g/mol. The molecule has 0 saturated carbocycles. The van der Waals surface area contributed by atoms with Crippen LogP contribution in [0.25, 0.3) is 5.69 Å². The molecule has 1 aromatic heterocycles. The molecule has 0 radical (unpaired) electrons. The monoisotopic (exact) mass is 301 g/mol. The molecule has 0 spiro atoms. The van der Waals surface area contributed by atoms with Crippen LogP contribution in [0.2, 0.25) is 0 Å². The highest BCUT2D eigenvalue weighted by Crippen LogP contribution is 2.26. The Balaban J connectivity index is 1.83. The Hall–Kier alpha value is -2.28. The number of para-hydroxylation sites is 1. The SMILES string of the molecule is CC(c1nnnn1-c1ccccc1)N1CCCC(C(=O)O)C1. The fourth-order valence-electron chi connectivity index (χ4n) is 2.93. The molecule has 1 fully saturated rings. The summed E-state index contributed by atoms with van der Waals surface area (Å²) in [5, 5.41) is 21.2. The summed E-state index contributed by atoms with van der Waals surface area (Å²) in [5.74, 6) is -0.297.